The standard InChI is InChI=1S/C18H22FN3O2S/c1-13-12-16(6-7-17(13)19)25(23,24)21-15-8-10-22(11-9-15)18-5-3-4-14(2)20-18/h3-7,12,15,21H,8-11H2,1-2H3. The topological polar surface area (TPSA) is 62.3 Å². The highest BCUT2D eigenvalue weighted by Crippen LogP contribution is 2.20. The summed E-state index contributed by atoms with van der Waals surface area (Å²) in [7, 11) is -3.64. The number of pyridine rings is 1. The number of rotatable bonds is 4. The second kappa shape index (κ2) is 7.09. The number of aromatic nitrogens is 1. The molecule has 0 unspecified atom stereocenters. The van der Waals surface area contributed by atoms with Crippen molar-refractivity contribution in [2.75, 3.05) is 18.0 Å². The Balaban J connectivity index is 1.64. The molecule has 0 saturated carbocycles. The van der Waals surface area contributed by atoms with E-state index in [1.807, 2.05) is 25.1 Å². The molecule has 0 amide bonds. The van der Waals surface area contributed by atoms with E-state index in [1.165, 1.54) is 18.2 Å². The zero-order chi connectivity index (χ0) is 18.0. The zero-order valence-corrected chi connectivity index (χ0v) is 15.2. The van der Waals surface area contributed by atoms with Crippen molar-refractivity contribution in [1.82, 2.24) is 9.71 Å². The average Bonchev–Trinajstić information content (AvgIpc) is 2.57. The predicted octanol–water partition coefficient (Wildman–Crippen LogP) is 2.78. The van der Waals surface area contributed by atoms with Crippen LogP contribution in [0.2, 0.25) is 0 Å². The van der Waals surface area contributed by atoms with Crippen molar-refractivity contribution in [3.05, 3.63) is 53.5 Å². The van der Waals surface area contributed by atoms with Crippen LogP contribution in [0.15, 0.2) is 41.3 Å². The summed E-state index contributed by atoms with van der Waals surface area (Å²) in [5, 5.41) is 0. The van der Waals surface area contributed by atoms with Gasteiger partial charge in [-0.25, -0.2) is 22.5 Å². The van der Waals surface area contributed by atoms with Crippen LogP contribution in [-0.4, -0.2) is 32.5 Å². The molecule has 0 radical (unpaired) electrons. The van der Waals surface area contributed by atoms with Gasteiger partial charge in [0, 0.05) is 24.8 Å². The van der Waals surface area contributed by atoms with Crippen molar-refractivity contribution < 1.29 is 12.8 Å². The van der Waals surface area contributed by atoms with Crippen LogP contribution in [0.4, 0.5) is 10.2 Å². The molecule has 3 rings (SSSR count). The summed E-state index contributed by atoms with van der Waals surface area (Å²) in [6.07, 6.45) is 1.41. The van der Waals surface area contributed by atoms with Gasteiger partial charge in [-0.2, -0.15) is 0 Å². The molecule has 0 aliphatic carbocycles. The van der Waals surface area contributed by atoms with Gasteiger partial charge in [0.15, 0.2) is 0 Å². The van der Waals surface area contributed by atoms with Crippen LogP contribution in [0.5, 0.6) is 0 Å². The Bertz CT molecular complexity index is 862. The summed E-state index contributed by atoms with van der Waals surface area (Å²) in [5.41, 5.74) is 1.29. The highest BCUT2D eigenvalue weighted by Gasteiger charge is 2.25. The lowest BCUT2D eigenvalue weighted by Crippen LogP contribution is -2.44. The van der Waals surface area contributed by atoms with Crippen molar-refractivity contribution in [3.63, 3.8) is 0 Å². The second-order valence-corrected chi connectivity index (χ2v) is 8.14. The zero-order valence-electron chi connectivity index (χ0n) is 14.4. The molecule has 1 aromatic heterocycles. The van der Waals surface area contributed by atoms with Gasteiger partial charge in [-0.1, -0.05) is 6.07 Å². The van der Waals surface area contributed by atoms with Crippen molar-refractivity contribution in [3.8, 4) is 0 Å². The van der Waals surface area contributed by atoms with Gasteiger partial charge in [-0.05, 0) is 62.6 Å². The Kier molecular flexibility index (Phi) is 5.06. The monoisotopic (exact) mass is 363 g/mol. The smallest absolute Gasteiger partial charge is 0.240 e. The minimum Gasteiger partial charge on any atom is -0.356 e. The van der Waals surface area contributed by atoms with Crippen LogP contribution in [-0.2, 0) is 10.0 Å². The summed E-state index contributed by atoms with van der Waals surface area (Å²) in [5.74, 6) is 0.522. The first-order valence-electron chi connectivity index (χ1n) is 8.32. The number of piperidine rings is 1. The molecule has 1 fully saturated rings. The van der Waals surface area contributed by atoms with Crippen LogP contribution in [0, 0.1) is 19.7 Å². The number of anilines is 1. The number of halogens is 1. The van der Waals surface area contributed by atoms with Crippen LogP contribution in [0.1, 0.15) is 24.1 Å². The molecule has 1 aliphatic heterocycles. The number of nitrogens with zero attached hydrogens (tertiary/aromatic N) is 2. The van der Waals surface area contributed by atoms with E-state index in [4.69, 9.17) is 0 Å². The third-order valence-electron chi connectivity index (χ3n) is 4.45. The molecule has 2 aromatic rings. The highest BCUT2D eigenvalue weighted by atomic mass is 32.2. The molecule has 7 heteroatoms. The Hall–Kier alpha value is -1.99. The first-order valence-corrected chi connectivity index (χ1v) is 9.80. The molecule has 1 saturated heterocycles. The summed E-state index contributed by atoms with van der Waals surface area (Å²) in [4.78, 5) is 6.79. The number of hydrogen-bond donors (Lipinski definition) is 1. The first-order chi connectivity index (χ1) is 11.8. The van der Waals surface area contributed by atoms with E-state index in [-0.39, 0.29) is 10.9 Å². The van der Waals surface area contributed by atoms with E-state index in [1.54, 1.807) is 6.92 Å². The lowest BCUT2D eigenvalue weighted by Gasteiger charge is -2.33. The van der Waals surface area contributed by atoms with Crippen LogP contribution in [0.3, 0.4) is 0 Å². The van der Waals surface area contributed by atoms with Crippen molar-refractivity contribution in [2.45, 2.75) is 37.6 Å². The van der Waals surface area contributed by atoms with Crippen LogP contribution >= 0.6 is 0 Å². The molecule has 1 aliphatic rings. The largest absolute Gasteiger partial charge is 0.356 e. The van der Waals surface area contributed by atoms with Crippen molar-refractivity contribution in [2.24, 2.45) is 0 Å². The van der Waals surface area contributed by atoms with E-state index < -0.39 is 15.8 Å². The number of benzene rings is 1. The van der Waals surface area contributed by atoms with Crippen molar-refractivity contribution in [1.29, 1.82) is 0 Å². The lowest BCUT2D eigenvalue weighted by molar-refractivity contribution is 0.458. The van der Waals surface area contributed by atoms with Gasteiger partial charge in [-0.3, -0.25) is 0 Å². The maximum absolute atomic E-state index is 13.4. The molecule has 0 spiro atoms. The quantitative estimate of drug-likeness (QED) is 0.907. The molecule has 5 nitrogen and oxygen atoms in total. The number of hydrogen-bond acceptors (Lipinski definition) is 4. The van der Waals surface area contributed by atoms with Crippen LogP contribution < -0.4 is 9.62 Å². The molecule has 25 heavy (non-hydrogen) atoms. The lowest BCUT2D eigenvalue weighted by atomic mass is 10.1. The van der Waals surface area contributed by atoms with Gasteiger partial charge in [0.1, 0.15) is 11.6 Å². The normalized spacial score (nSPS) is 16.2. The Labute approximate surface area is 147 Å². The van der Waals surface area contributed by atoms with Crippen molar-refractivity contribution >= 4 is 15.8 Å². The summed E-state index contributed by atoms with van der Waals surface area (Å²) in [6.45, 7) is 4.99. The Morgan fingerprint density at radius 3 is 2.52 bits per heavy atom. The summed E-state index contributed by atoms with van der Waals surface area (Å²) < 4.78 is 41.1. The van der Waals surface area contributed by atoms with Gasteiger partial charge < -0.3 is 4.90 Å². The molecular weight excluding hydrogens is 341 g/mol. The van der Waals surface area contributed by atoms with Gasteiger partial charge in [0.05, 0.1) is 4.90 Å². The maximum atomic E-state index is 13.4. The van der Waals surface area contributed by atoms with E-state index in [2.05, 4.69) is 14.6 Å². The second-order valence-electron chi connectivity index (χ2n) is 6.43. The third kappa shape index (κ3) is 4.16. The van der Waals surface area contributed by atoms with E-state index in [0.717, 1.165) is 24.6 Å². The molecule has 2 heterocycles. The average molecular weight is 363 g/mol. The summed E-state index contributed by atoms with van der Waals surface area (Å²) >= 11 is 0. The number of sulfonamides is 1. The third-order valence-corrected chi connectivity index (χ3v) is 5.97. The number of aryl methyl sites for hydroxylation is 2. The minimum atomic E-state index is -3.64. The summed E-state index contributed by atoms with van der Waals surface area (Å²) in [6, 6.07) is 9.63. The minimum absolute atomic E-state index is 0.106. The van der Waals surface area contributed by atoms with Gasteiger partial charge in [0.25, 0.3) is 0 Å². The molecular formula is C18H22FN3O2S. The Morgan fingerprint density at radius 2 is 1.88 bits per heavy atom. The molecule has 0 bridgehead atoms. The molecule has 1 N–H and O–H groups in total. The fourth-order valence-corrected chi connectivity index (χ4v) is 4.39. The van der Waals surface area contributed by atoms with E-state index >= 15 is 0 Å². The fraction of sp³-hybridized carbons (Fsp3) is 0.389. The van der Waals surface area contributed by atoms with Gasteiger partial charge in [0.2, 0.25) is 10.0 Å². The maximum Gasteiger partial charge on any atom is 0.240 e. The van der Waals surface area contributed by atoms with E-state index in [9.17, 15) is 12.8 Å². The molecule has 0 atom stereocenters. The predicted molar refractivity (Wildman–Crippen MR) is 95.7 cm³/mol. The van der Waals surface area contributed by atoms with Crippen LogP contribution in [0.25, 0.3) is 0 Å². The number of nitrogens with one attached hydrogen (secondary N) is 1. The highest BCUT2D eigenvalue weighted by molar-refractivity contribution is 7.89. The first kappa shape index (κ1) is 17.8. The van der Waals surface area contributed by atoms with Gasteiger partial charge in [-0.15, -0.1) is 0 Å². The fourth-order valence-electron chi connectivity index (χ4n) is 3.00. The van der Waals surface area contributed by atoms with E-state index in [0.29, 0.717) is 18.4 Å². The SMILES string of the molecule is Cc1cccc(N2CCC(NS(=O)(=O)c3ccc(F)c(C)c3)CC2)n1. The Morgan fingerprint density at radius 1 is 1.16 bits per heavy atom. The molecule has 134 valence electrons. The van der Waals surface area contributed by atoms with Gasteiger partial charge >= 0.3 is 0 Å². The molecule has 1 aromatic carbocycles.